The highest BCUT2D eigenvalue weighted by Gasteiger charge is 2.34. The van der Waals surface area contributed by atoms with E-state index < -0.39 is 17.1 Å². The smallest absolute Gasteiger partial charge is 0.303 e. The Kier molecular flexibility index (Phi) is 5.86. The maximum atomic E-state index is 12.3. The number of hydrogen-bond donors (Lipinski definition) is 1. The Morgan fingerprint density at radius 3 is 2.67 bits per heavy atom. The van der Waals surface area contributed by atoms with Crippen molar-refractivity contribution in [3.05, 3.63) is 28.7 Å². The zero-order valence-corrected chi connectivity index (χ0v) is 14.1. The molecule has 1 fully saturated rings. The van der Waals surface area contributed by atoms with E-state index in [2.05, 4.69) is 0 Å². The Labute approximate surface area is 143 Å². The molecule has 7 nitrogen and oxygen atoms in total. The first-order valence-electron chi connectivity index (χ1n) is 7.15. The summed E-state index contributed by atoms with van der Waals surface area (Å²) in [5.74, 6) is -0.244. The molecule has 2 amide bonds. The second-order valence-electron chi connectivity index (χ2n) is 4.94. The predicted molar refractivity (Wildman–Crippen MR) is 89.1 cm³/mol. The van der Waals surface area contributed by atoms with Gasteiger partial charge in [-0.2, -0.15) is 0 Å². The molecule has 0 aromatic heterocycles. The highest BCUT2D eigenvalue weighted by Crippen LogP contribution is 2.35. The standard InChI is InChI=1S/C16H17NO6S/c1-22-11-6-5-10(12(9-11)23-2)8-13-15(20)17(16(21)24-13)7-3-4-14(18)19/h5-6,8-9H,3-4,7H2,1-2H3,(H,18,19)/b13-8-. The Hall–Kier alpha value is -2.48. The lowest BCUT2D eigenvalue weighted by molar-refractivity contribution is -0.137. The molecular formula is C16H17NO6S. The van der Waals surface area contributed by atoms with E-state index >= 15 is 0 Å². The van der Waals surface area contributed by atoms with Crippen LogP contribution in [0.4, 0.5) is 4.79 Å². The summed E-state index contributed by atoms with van der Waals surface area (Å²) in [6.07, 6.45) is 1.72. The van der Waals surface area contributed by atoms with Crippen LogP contribution in [-0.4, -0.2) is 47.9 Å². The average Bonchev–Trinajstić information content (AvgIpc) is 2.82. The van der Waals surface area contributed by atoms with Crippen LogP contribution in [0.5, 0.6) is 11.5 Å². The minimum absolute atomic E-state index is 0.0902. The van der Waals surface area contributed by atoms with E-state index in [1.807, 2.05) is 0 Å². The molecule has 0 spiro atoms. The third-order valence-corrected chi connectivity index (χ3v) is 4.28. The SMILES string of the molecule is COc1ccc(/C=C2\SC(=O)N(CCCC(=O)O)C2=O)c(OC)c1. The molecule has 0 unspecified atom stereocenters. The van der Waals surface area contributed by atoms with Crippen LogP contribution in [0.1, 0.15) is 18.4 Å². The van der Waals surface area contributed by atoms with Gasteiger partial charge < -0.3 is 14.6 Å². The fraction of sp³-hybridized carbons (Fsp3) is 0.312. The molecule has 0 aliphatic carbocycles. The van der Waals surface area contributed by atoms with Crippen molar-refractivity contribution < 1.29 is 29.0 Å². The number of carboxylic acids is 1. The number of nitrogens with zero attached hydrogens (tertiary/aromatic N) is 1. The number of carboxylic acid groups (broad SMARTS) is 1. The molecule has 1 aromatic carbocycles. The zero-order chi connectivity index (χ0) is 17.7. The van der Waals surface area contributed by atoms with Gasteiger partial charge in [0.25, 0.3) is 11.1 Å². The van der Waals surface area contributed by atoms with E-state index in [1.165, 1.54) is 14.2 Å². The van der Waals surface area contributed by atoms with E-state index in [9.17, 15) is 14.4 Å². The summed E-state index contributed by atoms with van der Waals surface area (Å²) in [6, 6.07) is 5.14. The molecule has 1 heterocycles. The molecule has 128 valence electrons. The number of amides is 2. The number of carbonyl (C=O) groups is 3. The van der Waals surface area contributed by atoms with Crippen molar-refractivity contribution in [3.8, 4) is 11.5 Å². The maximum absolute atomic E-state index is 12.3. The summed E-state index contributed by atoms with van der Waals surface area (Å²) >= 11 is 0.829. The lowest BCUT2D eigenvalue weighted by Crippen LogP contribution is -2.29. The fourth-order valence-electron chi connectivity index (χ4n) is 2.16. The van der Waals surface area contributed by atoms with Crippen LogP contribution < -0.4 is 9.47 Å². The summed E-state index contributed by atoms with van der Waals surface area (Å²) in [5, 5.41) is 8.24. The molecule has 1 saturated heterocycles. The van der Waals surface area contributed by atoms with Gasteiger partial charge in [0.1, 0.15) is 11.5 Å². The number of ether oxygens (including phenoxy) is 2. The highest BCUT2D eigenvalue weighted by molar-refractivity contribution is 8.18. The lowest BCUT2D eigenvalue weighted by Gasteiger charge is -2.11. The lowest BCUT2D eigenvalue weighted by atomic mass is 10.1. The predicted octanol–water partition coefficient (Wildman–Crippen LogP) is 2.60. The van der Waals surface area contributed by atoms with Crippen LogP contribution >= 0.6 is 11.8 Å². The number of methoxy groups -OCH3 is 2. The van der Waals surface area contributed by atoms with Crippen LogP contribution in [0.25, 0.3) is 6.08 Å². The van der Waals surface area contributed by atoms with Gasteiger partial charge in [0.05, 0.1) is 19.1 Å². The number of aliphatic carboxylic acids is 1. The fourth-order valence-corrected chi connectivity index (χ4v) is 3.02. The average molecular weight is 351 g/mol. The Morgan fingerprint density at radius 2 is 2.04 bits per heavy atom. The summed E-state index contributed by atoms with van der Waals surface area (Å²) in [5.41, 5.74) is 0.648. The Bertz CT molecular complexity index is 700. The van der Waals surface area contributed by atoms with Crippen molar-refractivity contribution in [2.45, 2.75) is 12.8 Å². The first-order valence-corrected chi connectivity index (χ1v) is 7.97. The van der Waals surface area contributed by atoms with Gasteiger partial charge in [0.2, 0.25) is 0 Å². The number of rotatable bonds is 7. The maximum Gasteiger partial charge on any atom is 0.303 e. The molecule has 1 aliphatic heterocycles. The van der Waals surface area contributed by atoms with Crippen molar-refractivity contribution in [2.75, 3.05) is 20.8 Å². The van der Waals surface area contributed by atoms with Gasteiger partial charge in [-0.1, -0.05) is 0 Å². The third-order valence-electron chi connectivity index (χ3n) is 3.37. The third kappa shape index (κ3) is 4.08. The second kappa shape index (κ2) is 7.87. The van der Waals surface area contributed by atoms with E-state index in [1.54, 1.807) is 24.3 Å². The van der Waals surface area contributed by atoms with Gasteiger partial charge in [-0.15, -0.1) is 0 Å². The molecule has 24 heavy (non-hydrogen) atoms. The van der Waals surface area contributed by atoms with Crippen molar-refractivity contribution in [3.63, 3.8) is 0 Å². The van der Waals surface area contributed by atoms with Crippen LogP contribution in [0.3, 0.4) is 0 Å². The van der Waals surface area contributed by atoms with Crippen molar-refractivity contribution >= 4 is 35.0 Å². The topological polar surface area (TPSA) is 93.1 Å². The number of thioether (sulfide) groups is 1. The second-order valence-corrected chi connectivity index (χ2v) is 5.93. The molecule has 1 aliphatic rings. The van der Waals surface area contributed by atoms with Crippen LogP contribution in [-0.2, 0) is 9.59 Å². The molecule has 1 aromatic rings. The summed E-state index contributed by atoms with van der Waals surface area (Å²) < 4.78 is 10.4. The highest BCUT2D eigenvalue weighted by atomic mass is 32.2. The van der Waals surface area contributed by atoms with Crippen molar-refractivity contribution in [1.82, 2.24) is 4.90 Å². The van der Waals surface area contributed by atoms with Gasteiger partial charge in [-0.3, -0.25) is 19.3 Å². The first kappa shape index (κ1) is 17.9. The quantitative estimate of drug-likeness (QED) is 0.755. The molecule has 2 rings (SSSR count). The van der Waals surface area contributed by atoms with E-state index in [0.717, 1.165) is 16.7 Å². The van der Waals surface area contributed by atoms with Gasteiger partial charge in [-0.05, 0) is 36.4 Å². The Morgan fingerprint density at radius 1 is 1.29 bits per heavy atom. The molecular weight excluding hydrogens is 334 g/mol. The number of hydrogen-bond acceptors (Lipinski definition) is 6. The molecule has 0 saturated carbocycles. The van der Waals surface area contributed by atoms with Crippen LogP contribution in [0.2, 0.25) is 0 Å². The zero-order valence-electron chi connectivity index (χ0n) is 13.3. The number of benzene rings is 1. The van der Waals surface area contributed by atoms with Crippen LogP contribution in [0, 0.1) is 0 Å². The largest absolute Gasteiger partial charge is 0.497 e. The van der Waals surface area contributed by atoms with E-state index in [0.29, 0.717) is 17.1 Å². The minimum atomic E-state index is -0.958. The minimum Gasteiger partial charge on any atom is -0.497 e. The van der Waals surface area contributed by atoms with E-state index in [4.69, 9.17) is 14.6 Å². The molecule has 0 radical (unpaired) electrons. The van der Waals surface area contributed by atoms with Crippen molar-refractivity contribution in [2.24, 2.45) is 0 Å². The van der Waals surface area contributed by atoms with Crippen LogP contribution in [0.15, 0.2) is 23.1 Å². The summed E-state index contributed by atoms with van der Waals surface area (Å²) in [6.45, 7) is 0.0913. The monoisotopic (exact) mass is 351 g/mol. The normalized spacial score (nSPS) is 15.9. The van der Waals surface area contributed by atoms with Gasteiger partial charge in [0.15, 0.2) is 0 Å². The summed E-state index contributed by atoms with van der Waals surface area (Å²) in [4.78, 5) is 36.1. The van der Waals surface area contributed by atoms with Gasteiger partial charge in [-0.25, -0.2) is 0 Å². The molecule has 0 bridgehead atoms. The first-order chi connectivity index (χ1) is 11.5. The molecule has 1 N–H and O–H groups in total. The molecule has 8 heteroatoms. The van der Waals surface area contributed by atoms with E-state index in [-0.39, 0.29) is 24.3 Å². The Balaban J connectivity index is 2.18. The molecule has 0 atom stereocenters. The number of carbonyl (C=O) groups excluding carboxylic acids is 2. The number of imide groups is 1. The van der Waals surface area contributed by atoms with Gasteiger partial charge >= 0.3 is 5.97 Å². The summed E-state index contributed by atoms with van der Waals surface area (Å²) in [7, 11) is 3.04. The van der Waals surface area contributed by atoms with Crippen molar-refractivity contribution in [1.29, 1.82) is 0 Å². The van der Waals surface area contributed by atoms with Gasteiger partial charge in [0, 0.05) is 24.6 Å².